The van der Waals surface area contributed by atoms with Gasteiger partial charge < -0.3 is 14.0 Å². The summed E-state index contributed by atoms with van der Waals surface area (Å²) in [5.74, 6) is 1.84. The fourth-order valence-corrected chi connectivity index (χ4v) is 4.18. The Morgan fingerprint density at radius 3 is 2.89 bits per heavy atom. The highest BCUT2D eigenvalue weighted by Crippen LogP contribution is 2.34. The van der Waals surface area contributed by atoms with Crippen LogP contribution in [0.5, 0.6) is 5.75 Å². The van der Waals surface area contributed by atoms with Gasteiger partial charge in [-0.05, 0) is 31.5 Å². The van der Waals surface area contributed by atoms with Crippen molar-refractivity contribution in [1.29, 1.82) is 0 Å². The van der Waals surface area contributed by atoms with Gasteiger partial charge in [0.1, 0.15) is 11.6 Å². The number of hydrogen-bond acceptors (Lipinski definition) is 5. The number of halogens is 1. The van der Waals surface area contributed by atoms with Gasteiger partial charge in [0.25, 0.3) is 0 Å². The number of fused-ring (bicyclic) bond motifs is 1. The number of rotatable bonds is 5. The van der Waals surface area contributed by atoms with E-state index in [-0.39, 0.29) is 12.6 Å². The molecular formula is C20H20FN3O2S. The molecular weight excluding hydrogens is 365 g/mol. The molecule has 0 fully saturated rings. The lowest BCUT2D eigenvalue weighted by Gasteiger charge is -2.20. The molecule has 0 amide bonds. The summed E-state index contributed by atoms with van der Waals surface area (Å²) < 4.78 is 26.9. The van der Waals surface area contributed by atoms with Crippen molar-refractivity contribution < 1.29 is 13.9 Å². The molecule has 1 aromatic heterocycles. The number of nitrogens with zero attached hydrogens (tertiary/aromatic N) is 3. The van der Waals surface area contributed by atoms with Crippen molar-refractivity contribution in [2.75, 3.05) is 6.79 Å². The average Bonchev–Trinajstić information content (AvgIpc) is 3.09. The minimum atomic E-state index is -0.281. The van der Waals surface area contributed by atoms with E-state index in [1.54, 1.807) is 0 Å². The van der Waals surface area contributed by atoms with Crippen LogP contribution >= 0.6 is 11.8 Å². The van der Waals surface area contributed by atoms with Gasteiger partial charge in [-0.15, -0.1) is 10.2 Å². The van der Waals surface area contributed by atoms with Crippen LogP contribution in [0.3, 0.4) is 0 Å². The largest absolute Gasteiger partial charge is 0.467 e. The van der Waals surface area contributed by atoms with E-state index < -0.39 is 0 Å². The highest BCUT2D eigenvalue weighted by Gasteiger charge is 2.19. The van der Waals surface area contributed by atoms with Crippen molar-refractivity contribution in [2.24, 2.45) is 0 Å². The van der Waals surface area contributed by atoms with E-state index in [2.05, 4.69) is 40.7 Å². The Labute approximate surface area is 161 Å². The van der Waals surface area contributed by atoms with Gasteiger partial charge in [-0.25, -0.2) is 4.39 Å². The quantitative estimate of drug-likeness (QED) is 0.602. The maximum absolute atomic E-state index is 13.9. The molecule has 0 radical (unpaired) electrons. The zero-order valence-corrected chi connectivity index (χ0v) is 16.1. The van der Waals surface area contributed by atoms with Gasteiger partial charge in [0.05, 0.1) is 6.61 Å². The molecule has 0 spiro atoms. The maximum Gasteiger partial charge on any atom is 0.191 e. The summed E-state index contributed by atoms with van der Waals surface area (Å²) in [5.41, 5.74) is 3.78. The Kier molecular flexibility index (Phi) is 5.13. The molecule has 0 bridgehead atoms. The van der Waals surface area contributed by atoms with Crippen molar-refractivity contribution in [3.63, 3.8) is 0 Å². The van der Waals surface area contributed by atoms with E-state index in [1.165, 1.54) is 23.9 Å². The maximum atomic E-state index is 13.9. The third-order valence-electron chi connectivity index (χ3n) is 4.53. The van der Waals surface area contributed by atoms with E-state index in [9.17, 15) is 4.39 Å². The Bertz CT molecular complexity index is 974. The molecule has 2 aromatic carbocycles. The van der Waals surface area contributed by atoms with Gasteiger partial charge in [-0.3, -0.25) is 0 Å². The summed E-state index contributed by atoms with van der Waals surface area (Å²) >= 11 is 1.53. The molecule has 140 valence electrons. The first kappa shape index (κ1) is 18.0. The van der Waals surface area contributed by atoms with Gasteiger partial charge >= 0.3 is 0 Å². The molecule has 1 aliphatic heterocycles. The van der Waals surface area contributed by atoms with Crippen LogP contribution in [0, 0.1) is 12.7 Å². The lowest BCUT2D eigenvalue weighted by Crippen LogP contribution is -2.13. The lowest BCUT2D eigenvalue weighted by molar-refractivity contribution is -0.0171. The standard InChI is InChI=1S/C20H20FN3O2S/c1-3-24-19(17-7-5-4-6-13(17)2)22-23-20(24)27-11-15-9-16(21)8-14-10-25-12-26-18(14)15/h4-9H,3,10-12H2,1-2H3. The van der Waals surface area contributed by atoms with Crippen LogP contribution in [0.15, 0.2) is 41.6 Å². The smallest absolute Gasteiger partial charge is 0.191 e. The van der Waals surface area contributed by atoms with Gasteiger partial charge in [-0.2, -0.15) is 0 Å². The molecule has 5 nitrogen and oxygen atoms in total. The molecule has 0 aliphatic carbocycles. The summed E-state index contributed by atoms with van der Waals surface area (Å²) in [6.45, 7) is 5.45. The predicted octanol–water partition coefficient (Wildman–Crippen LogP) is 4.57. The second kappa shape index (κ2) is 7.70. The molecule has 27 heavy (non-hydrogen) atoms. The van der Waals surface area contributed by atoms with Crippen molar-refractivity contribution in [2.45, 2.75) is 37.9 Å². The first-order chi connectivity index (χ1) is 13.2. The van der Waals surface area contributed by atoms with Crippen molar-refractivity contribution in [3.05, 3.63) is 58.9 Å². The molecule has 0 N–H and O–H groups in total. The van der Waals surface area contributed by atoms with Crippen LogP contribution in [0.25, 0.3) is 11.4 Å². The van der Waals surface area contributed by atoms with Crippen molar-refractivity contribution in [3.8, 4) is 17.1 Å². The first-order valence-corrected chi connectivity index (χ1v) is 9.79. The topological polar surface area (TPSA) is 49.2 Å². The molecule has 7 heteroatoms. The van der Waals surface area contributed by atoms with E-state index in [0.29, 0.717) is 12.4 Å². The normalized spacial score (nSPS) is 13.3. The summed E-state index contributed by atoms with van der Waals surface area (Å²) in [6, 6.07) is 11.1. The molecule has 2 heterocycles. The Balaban J connectivity index is 1.62. The third-order valence-corrected chi connectivity index (χ3v) is 5.54. The Morgan fingerprint density at radius 2 is 2.07 bits per heavy atom. The summed E-state index contributed by atoms with van der Waals surface area (Å²) in [7, 11) is 0. The first-order valence-electron chi connectivity index (χ1n) is 8.81. The highest BCUT2D eigenvalue weighted by molar-refractivity contribution is 7.98. The minimum Gasteiger partial charge on any atom is -0.467 e. The summed E-state index contributed by atoms with van der Waals surface area (Å²) in [5, 5.41) is 9.58. The SMILES string of the molecule is CCn1c(SCc2cc(F)cc3c2OCOC3)nnc1-c1ccccc1C. The number of aryl methyl sites for hydroxylation is 1. The Hall–Kier alpha value is -2.38. The van der Waals surface area contributed by atoms with Crippen LogP contribution in [0.2, 0.25) is 0 Å². The second-order valence-corrected chi connectivity index (χ2v) is 7.26. The Morgan fingerprint density at radius 1 is 1.22 bits per heavy atom. The third kappa shape index (κ3) is 3.57. The van der Waals surface area contributed by atoms with Gasteiger partial charge in [0, 0.05) is 29.0 Å². The van der Waals surface area contributed by atoms with Gasteiger partial charge in [-0.1, -0.05) is 36.0 Å². The predicted molar refractivity (Wildman–Crippen MR) is 102 cm³/mol. The van der Waals surface area contributed by atoms with E-state index in [4.69, 9.17) is 9.47 Å². The molecule has 0 saturated carbocycles. The van der Waals surface area contributed by atoms with E-state index in [1.807, 2.05) is 12.1 Å². The zero-order valence-electron chi connectivity index (χ0n) is 15.2. The summed E-state index contributed by atoms with van der Waals surface area (Å²) in [6.07, 6.45) is 0. The van der Waals surface area contributed by atoms with Crippen LogP contribution in [-0.4, -0.2) is 21.6 Å². The average molecular weight is 385 g/mol. The van der Waals surface area contributed by atoms with Crippen LogP contribution in [0.1, 0.15) is 23.6 Å². The number of hydrogen-bond donors (Lipinski definition) is 0. The molecule has 4 rings (SSSR count). The highest BCUT2D eigenvalue weighted by atomic mass is 32.2. The van der Waals surface area contributed by atoms with Crippen molar-refractivity contribution >= 4 is 11.8 Å². The van der Waals surface area contributed by atoms with E-state index >= 15 is 0 Å². The van der Waals surface area contributed by atoms with Gasteiger partial charge in [0.2, 0.25) is 0 Å². The molecule has 0 unspecified atom stereocenters. The molecule has 1 aliphatic rings. The number of thioether (sulfide) groups is 1. The van der Waals surface area contributed by atoms with Crippen molar-refractivity contribution in [1.82, 2.24) is 14.8 Å². The molecule has 0 saturated heterocycles. The number of aromatic nitrogens is 3. The van der Waals surface area contributed by atoms with Crippen LogP contribution < -0.4 is 4.74 Å². The molecule has 3 aromatic rings. The zero-order chi connectivity index (χ0) is 18.8. The van der Waals surface area contributed by atoms with E-state index in [0.717, 1.165) is 45.5 Å². The lowest BCUT2D eigenvalue weighted by atomic mass is 10.1. The van der Waals surface area contributed by atoms with Crippen LogP contribution in [-0.2, 0) is 23.6 Å². The second-order valence-electron chi connectivity index (χ2n) is 6.32. The molecule has 0 atom stereocenters. The monoisotopic (exact) mass is 385 g/mol. The number of ether oxygens (including phenoxy) is 2. The fraction of sp³-hybridized carbons (Fsp3) is 0.300. The number of benzene rings is 2. The van der Waals surface area contributed by atoms with Gasteiger partial charge in [0.15, 0.2) is 17.8 Å². The fourth-order valence-electron chi connectivity index (χ4n) is 3.21. The van der Waals surface area contributed by atoms with Crippen LogP contribution in [0.4, 0.5) is 4.39 Å². The minimum absolute atomic E-state index is 0.193. The summed E-state index contributed by atoms with van der Waals surface area (Å²) in [4.78, 5) is 0.